The predicted molar refractivity (Wildman–Crippen MR) is 78.2 cm³/mol. The van der Waals surface area contributed by atoms with Gasteiger partial charge in [0.1, 0.15) is 23.9 Å². The van der Waals surface area contributed by atoms with Crippen LogP contribution < -0.4 is 10.1 Å². The summed E-state index contributed by atoms with van der Waals surface area (Å²) in [6.45, 7) is -0.284. The zero-order valence-corrected chi connectivity index (χ0v) is 11.7. The summed E-state index contributed by atoms with van der Waals surface area (Å²) in [5.74, 6) is 1.73. The topological polar surface area (TPSA) is 95.1 Å². The molecule has 1 aromatic heterocycles. The molecule has 21 heavy (non-hydrogen) atoms. The first-order valence-corrected chi connectivity index (χ1v) is 6.58. The number of methoxy groups -OCH3 is 1. The molecule has 0 saturated carbocycles. The van der Waals surface area contributed by atoms with Crippen molar-refractivity contribution in [2.45, 2.75) is 12.7 Å². The van der Waals surface area contributed by atoms with E-state index in [1.54, 1.807) is 31.4 Å². The molecule has 4 N–H and O–H groups in total. The van der Waals surface area contributed by atoms with Crippen molar-refractivity contribution < 1.29 is 24.5 Å². The van der Waals surface area contributed by atoms with Crippen LogP contribution in [0.5, 0.6) is 5.75 Å². The normalized spacial score (nSPS) is 12.2. The van der Waals surface area contributed by atoms with Crippen molar-refractivity contribution in [3.63, 3.8) is 0 Å². The van der Waals surface area contributed by atoms with E-state index in [1.807, 2.05) is 6.07 Å². The zero-order valence-electron chi connectivity index (χ0n) is 11.7. The molecule has 114 valence electrons. The molecule has 0 aliphatic carbocycles. The predicted octanol–water partition coefficient (Wildman–Crippen LogP) is 1.21. The summed E-state index contributed by atoms with van der Waals surface area (Å²) in [6.07, 6.45) is -0.853. The SMILES string of the molecule is COc1ccc(-c2ccc(CO)o2)c(NCC(O)CO)c1. The molecule has 0 saturated heterocycles. The minimum absolute atomic E-state index is 0.165. The first-order valence-electron chi connectivity index (χ1n) is 6.58. The highest BCUT2D eigenvalue weighted by atomic mass is 16.5. The lowest BCUT2D eigenvalue weighted by atomic mass is 10.1. The Kier molecular flexibility index (Phi) is 5.21. The van der Waals surface area contributed by atoms with E-state index >= 15 is 0 Å². The van der Waals surface area contributed by atoms with Gasteiger partial charge in [0.05, 0.1) is 19.8 Å². The number of ether oxygens (including phenoxy) is 1. The summed E-state index contributed by atoms with van der Waals surface area (Å²) in [7, 11) is 1.57. The number of rotatable bonds is 7. The van der Waals surface area contributed by atoms with Crippen LogP contribution in [0.4, 0.5) is 5.69 Å². The molecule has 0 spiro atoms. The van der Waals surface area contributed by atoms with Gasteiger partial charge < -0.3 is 29.8 Å². The summed E-state index contributed by atoms with van der Waals surface area (Å²) >= 11 is 0. The highest BCUT2D eigenvalue weighted by Crippen LogP contribution is 2.32. The smallest absolute Gasteiger partial charge is 0.136 e. The van der Waals surface area contributed by atoms with Crippen LogP contribution in [-0.4, -0.2) is 41.7 Å². The highest BCUT2D eigenvalue weighted by Gasteiger charge is 2.12. The van der Waals surface area contributed by atoms with Crippen molar-refractivity contribution in [2.24, 2.45) is 0 Å². The van der Waals surface area contributed by atoms with E-state index in [0.717, 1.165) is 5.56 Å². The van der Waals surface area contributed by atoms with Gasteiger partial charge in [0.25, 0.3) is 0 Å². The monoisotopic (exact) mass is 293 g/mol. The minimum Gasteiger partial charge on any atom is -0.497 e. The first kappa shape index (κ1) is 15.4. The zero-order chi connectivity index (χ0) is 15.2. The van der Waals surface area contributed by atoms with Crippen LogP contribution in [0.3, 0.4) is 0 Å². The van der Waals surface area contributed by atoms with Gasteiger partial charge in [-0.1, -0.05) is 0 Å². The first-order chi connectivity index (χ1) is 10.2. The fourth-order valence-electron chi connectivity index (χ4n) is 1.91. The fraction of sp³-hybridized carbons (Fsp3) is 0.333. The number of aliphatic hydroxyl groups is 3. The number of benzene rings is 1. The molecule has 6 heteroatoms. The summed E-state index contributed by atoms with van der Waals surface area (Å²) < 4.78 is 10.7. The number of nitrogens with one attached hydrogen (secondary N) is 1. The van der Waals surface area contributed by atoms with E-state index < -0.39 is 6.10 Å². The number of furan rings is 1. The Balaban J connectivity index is 2.30. The van der Waals surface area contributed by atoms with Crippen molar-refractivity contribution >= 4 is 5.69 Å². The highest BCUT2D eigenvalue weighted by molar-refractivity contribution is 5.76. The molecule has 1 atom stereocenters. The van der Waals surface area contributed by atoms with Crippen LogP contribution in [0.2, 0.25) is 0 Å². The number of aliphatic hydroxyl groups excluding tert-OH is 3. The standard InChI is InChI=1S/C15H19NO5/c1-20-11-2-4-13(15-5-3-12(9-18)21-15)14(6-11)16-7-10(19)8-17/h2-6,10,16-19H,7-9H2,1H3. The Bertz CT molecular complexity index is 581. The third kappa shape index (κ3) is 3.75. The number of hydrogen-bond acceptors (Lipinski definition) is 6. The molecule has 0 fully saturated rings. The van der Waals surface area contributed by atoms with Crippen molar-refractivity contribution in [3.05, 3.63) is 36.1 Å². The molecule has 6 nitrogen and oxygen atoms in total. The van der Waals surface area contributed by atoms with Crippen LogP contribution in [0.1, 0.15) is 5.76 Å². The largest absolute Gasteiger partial charge is 0.497 e. The van der Waals surface area contributed by atoms with Gasteiger partial charge in [-0.2, -0.15) is 0 Å². The van der Waals surface area contributed by atoms with Gasteiger partial charge >= 0.3 is 0 Å². The summed E-state index contributed by atoms with van der Waals surface area (Å²) in [5, 5.41) is 30.4. The molecule has 0 aliphatic heterocycles. The Morgan fingerprint density at radius 2 is 2.05 bits per heavy atom. The minimum atomic E-state index is -0.853. The van der Waals surface area contributed by atoms with Crippen LogP contribution in [0.25, 0.3) is 11.3 Å². The van der Waals surface area contributed by atoms with Crippen molar-refractivity contribution in [1.82, 2.24) is 0 Å². The summed E-state index contributed by atoms with van der Waals surface area (Å²) in [6, 6.07) is 8.87. The van der Waals surface area contributed by atoms with Crippen molar-refractivity contribution in [1.29, 1.82) is 0 Å². The maximum atomic E-state index is 9.45. The lowest BCUT2D eigenvalue weighted by molar-refractivity contribution is 0.105. The quantitative estimate of drug-likeness (QED) is 0.613. The molecular formula is C15H19NO5. The maximum absolute atomic E-state index is 9.45. The molecule has 0 aliphatic rings. The van der Waals surface area contributed by atoms with E-state index in [1.165, 1.54) is 0 Å². The average Bonchev–Trinajstić information content (AvgIpc) is 3.01. The second-order valence-electron chi connectivity index (χ2n) is 4.55. The third-order valence-corrected chi connectivity index (χ3v) is 3.05. The second kappa shape index (κ2) is 7.12. The second-order valence-corrected chi connectivity index (χ2v) is 4.55. The van der Waals surface area contributed by atoms with Gasteiger partial charge in [-0.25, -0.2) is 0 Å². The van der Waals surface area contributed by atoms with E-state index in [9.17, 15) is 5.11 Å². The number of hydrogen-bond donors (Lipinski definition) is 4. The Hall–Kier alpha value is -2.02. The molecule has 0 bridgehead atoms. The van der Waals surface area contributed by atoms with Crippen LogP contribution in [0, 0.1) is 0 Å². The fourth-order valence-corrected chi connectivity index (χ4v) is 1.91. The van der Waals surface area contributed by atoms with Crippen LogP contribution >= 0.6 is 0 Å². The summed E-state index contributed by atoms with van der Waals surface area (Å²) in [5.41, 5.74) is 1.49. The molecule has 2 rings (SSSR count). The van der Waals surface area contributed by atoms with Gasteiger partial charge in [0.2, 0.25) is 0 Å². The van der Waals surface area contributed by atoms with Crippen LogP contribution in [0.15, 0.2) is 34.7 Å². The average molecular weight is 293 g/mol. The Labute approximate surface area is 122 Å². The van der Waals surface area contributed by atoms with Gasteiger partial charge in [-0.3, -0.25) is 0 Å². The van der Waals surface area contributed by atoms with Gasteiger partial charge in [0, 0.05) is 23.9 Å². The van der Waals surface area contributed by atoms with Gasteiger partial charge in [-0.05, 0) is 24.3 Å². The molecule has 0 amide bonds. The van der Waals surface area contributed by atoms with Crippen molar-refractivity contribution in [2.75, 3.05) is 25.6 Å². The van der Waals surface area contributed by atoms with E-state index in [2.05, 4.69) is 5.32 Å². The van der Waals surface area contributed by atoms with E-state index in [0.29, 0.717) is 23.0 Å². The molecule has 1 aromatic carbocycles. The molecule has 2 aromatic rings. The number of anilines is 1. The van der Waals surface area contributed by atoms with E-state index in [-0.39, 0.29) is 19.8 Å². The van der Waals surface area contributed by atoms with E-state index in [4.69, 9.17) is 19.4 Å². The van der Waals surface area contributed by atoms with Crippen LogP contribution in [-0.2, 0) is 6.61 Å². The summed E-state index contributed by atoms with van der Waals surface area (Å²) in [4.78, 5) is 0. The van der Waals surface area contributed by atoms with Crippen molar-refractivity contribution in [3.8, 4) is 17.1 Å². The Morgan fingerprint density at radius 3 is 2.67 bits per heavy atom. The van der Waals surface area contributed by atoms with Gasteiger partial charge in [-0.15, -0.1) is 0 Å². The molecule has 0 radical (unpaired) electrons. The molecule has 1 unspecified atom stereocenters. The lowest BCUT2D eigenvalue weighted by Crippen LogP contribution is -2.23. The third-order valence-electron chi connectivity index (χ3n) is 3.05. The van der Waals surface area contributed by atoms with Gasteiger partial charge in [0.15, 0.2) is 0 Å². The molecule has 1 heterocycles. The Morgan fingerprint density at radius 1 is 1.24 bits per heavy atom. The lowest BCUT2D eigenvalue weighted by Gasteiger charge is -2.14. The maximum Gasteiger partial charge on any atom is 0.136 e. The molecular weight excluding hydrogens is 274 g/mol.